The molecule has 0 radical (unpaired) electrons. The molecule has 0 aliphatic heterocycles. The van der Waals surface area contributed by atoms with Crippen molar-refractivity contribution < 1.29 is 18.8 Å². The monoisotopic (exact) mass is 524 g/mol. The number of rotatable bonds is 22. The van der Waals surface area contributed by atoms with Gasteiger partial charge in [0, 0.05) is 5.56 Å². The second kappa shape index (κ2) is 19.7. The van der Waals surface area contributed by atoms with E-state index >= 15 is 0 Å². The molecule has 2 aromatic carbocycles. The van der Waals surface area contributed by atoms with Gasteiger partial charge in [-0.05, 0) is 37.3 Å². The van der Waals surface area contributed by atoms with Gasteiger partial charge >= 0.3 is 5.97 Å². The highest BCUT2D eigenvalue weighted by Gasteiger charge is 2.21. The number of esters is 1. The zero-order valence-electron chi connectivity index (χ0n) is 24.6. The van der Waals surface area contributed by atoms with Crippen molar-refractivity contribution >= 4 is 5.97 Å². The Morgan fingerprint density at radius 3 is 1.95 bits per heavy atom. The van der Waals surface area contributed by atoms with Crippen LogP contribution in [-0.2, 0) is 22.5 Å². The number of quaternary nitrogens is 1. The summed E-state index contributed by atoms with van der Waals surface area (Å²) in [6.07, 6.45) is 17.8. The number of carbonyl (C=O) groups excluding carboxylic acids is 1. The van der Waals surface area contributed by atoms with Gasteiger partial charge in [0.15, 0.2) is 6.54 Å². The van der Waals surface area contributed by atoms with Crippen LogP contribution in [0.25, 0.3) is 0 Å². The van der Waals surface area contributed by atoms with Gasteiger partial charge < -0.3 is 14.0 Å². The Morgan fingerprint density at radius 1 is 0.684 bits per heavy atom. The quantitative estimate of drug-likeness (QED) is 0.0879. The van der Waals surface area contributed by atoms with Crippen LogP contribution < -0.4 is 4.74 Å². The molecule has 0 saturated carbocycles. The third kappa shape index (κ3) is 15.2. The van der Waals surface area contributed by atoms with Crippen LogP contribution in [0.5, 0.6) is 5.75 Å². The summed E-state index contributed by atoms with van der Waals surface area (Å²) in [6, 6.07) is 18.7. The maximum absolute atomic E-state index is 12.3. The molecule has 0 amide bonds. The van der Waals surface area contributed by atoms with E-state index in [0.717, 1.165) is 31.6 Å². The van der Waals surface area contributed by atoms with Gasteiger partial charge in [0.2, 0.25) is 0 Å². The fourth-order valence-electron chi connectivity index (χ4n) is 4.93. The van der Waals surface area contributed by atoms with Crippen LogP contribution >= 0.6 is 0 Å². The van der Waals surface area contributed by atoms with Crippen LogP contribution in [0, 0.1) is 0 Å². The highest BCUT2D eigenvalue weighted by atomic mass is 16.5. The minimum atomic E-state index is -0.135. The number of hydrogen-bond donors (Lipinski definition) is 0. The Balaban J connectivity index is 1.52. The highest BCUT2D eigenvalue weighted by molar-refractivity contribution is 5.70. The van der Waals surface area contributed by atoms with Crippen molar-refractivity contribution in [3.05, 3.63) is 65.7 Å². The topological polar surface area (TPSA) is 35.5 Å². The first-order chi connectivity index (χ1) is 18.5. The summed E-state index contributed by atoms with van der Waals surface area (Å²) < 4.78 is 12.2. The molecule has 2 rings (SSSR count). The van der Waals surface area contributed by atoms with Crippen LogP contribution in [0.2, 0.25) is 0 Å². The number of hydrogen-bond acceptors (Lipinski definition) is 3. The third-order valence-electron chi connectivity index (χ3n) is 7.09. The van der Waals surface area contributed by atoms with Crippen molar-refractivity contribution in [1.82, 2.24) is 0 Å². The summed E-state index contributed by atoms with van der Waals surface area (Å²) in [7, 11) is 4.13. The Labute approximate surface area is 233 Å². The standard InChI is InChI=1S/C34H54NO3/c1-4-5-6-7-8-9-10-11-12-13-17-24-32-25-18-19-26-33(32)37-27-20-21-28-38-34(36)30-35(2,3)29-31-22-15-14-16-23-31/h14-16,18-19,22-23,25-26H,4-13,17,20-21,24,27-30H2,1-3H3/q+1. The van der Waals surface area contributed by atoms with Gasteiger partial charge in [-0.3, -0.25) is 0 Å². The third-order valence-corrected chi connectivity index (χ3v) is 7.09. The molecule has 0 aliphatic carbocycles. The van der Waals surface area contributed by atoms with Crippen molar-refractivity contribution in [2.45, 2.75) is 103 Å². The molecule has 0 bridgehead atoms. The number of likely N-dealkylation sites (N-methyl/N-ethyl adjacent to an activating group) is 1. The summed E-state index contributed by atoms with van der Waals surface area (Å²) in [6.45, 7) is 4.57. The minimum Gasteiger partial charge on any atom is -0.493 e. The van der Waals surface area contributed by atoms with Gasteiger partial charge in [-0.2, -0.15) is 0 Å². The summed E-state index contributed by atoms with van der Waals surface area (Å²) in [5, 5.41) is 0. The van der Waals surface area contributed by atoms with E-state index < -0.39 is 0 Å². The Kier molecular flexibility index (Phi) is 16.5. The first-order valence-corrected chi connectivity index (χ1v) is 15.2. The molecule has 2 aromatic rings. The van der Waals surface area contributed by atoms with E-state index in [1.807, 2.05) is 18.2 Å². The van der Waals surface area contributed by atoms with Gasteiger partial charge in [-0.1, -0.05) is 120 Å². The Morgan fingerprint density at radius 2 is 1.26 bits per heavy atom. The van der Waals surface area contributed by atoms with E-state index in [1.165, 1.54) is 81.8 Å². The molecule has 0 unspecified atom stereocenters. The van der Waals surface area contributed by atoms with Crippen LogP contribution in [0.4, 0.5) is 0 Å². The molecule has 0 aromatic heterocycles. The molecule has 4 nitrogen and oxygen atoms in total. The molecule has 0 N–H and O–H groups in total. The number of nitrogens with zero attached hydrogens (tertiary/aromatic N) is 1. The van der Waals surface area contributed by atoms with Crippen molar-refractivity contribution in [3.8, 4) is 5.75 Å². The molecule has 0 spiro atoms. The van der Waals surface area contributed by atoms with Gasteiger partial charge in [0.05, 0.1) is 27.3 Å². The molecule has 0 aliphatic rings. The van der Waals surface area contributed by atoms with Gasteiger partial charge in [0.25, 0.3) is 0 Å². The normalized spacial score (nSPS) is 11.4. The number of carbonyl (C=O) groups is 1. The molecular formula is C34H54NO3+. The smallest absolute Gasteiger partial charge is 0.361 e. The lowest BCUT2D eigenvalue weighted by Crippen LogP contribution is -2.43. The van der Waals surface area contributed by atoms with Crippen molar-refractivity contribution in [2.75, 3.05) is 33.9 Å². The van der Waals surface area contributed by atoms with Crippen LogP contribution in [0.1, 0.15) is 102 Å². The van der Waals surface area contributed by atoms with E-state index in [1.54, 1.807) is 0 Å². The van der Waals surface area contributed by atoms with E-state index in [0.29, 0.717) is 24.2 Å². The summed E-state index contributed by atoms with van der Waals surface area (Å²) >= 11 is 0. The van der Waals surface area contributed by atoms with Crippen molar-refractivity contribution in [2.24, 2.45) is 0 Å². The van der Waals surface area contributed by atoms with E-state index in [2.05, 4.69) is 57.4 Å². The minimum absolute atomic E-state index is 0.135. The first kappa shape index (κ1) is 31.9. The van der Waals surface area contributed by atoms with Crippen molar-refractivity contribution in [3.63, 3.8) is 0 Å². The predicted molar refractivity (Wildman–Crippen MR) is 159 cm³/mol. The average molecular weight is 525 g/mol. The second-order valence-corrected chi connectivity index (χ2v) is 11.4. The molecule has 0 atom stereocenters. The van der Waals surface area contributed by atoms with E-state index in [9.17, 15) is 4.79 Å². The SMILES string of the molecule is CCCCCCCCCCCCCc1ccccc1OCCCCOC(=O)C[N+](C)(C)Cc1ccccc1. The Hall–Kier alpha value is -2.33. The molecular weight excluding hydrogens is 470 g/mol. The number of ether oxygens (including phenoxy) is 2. The van der Waals surface area contributed by atoms with Gasteiger partial charge in [-0.25, -0.2) is 4.79 Å². The molecule has 0 fully saturated rings. The number of unbranched alkanes of at least 4 members (excludes halogenated alkanes) is 11. The fraction of sp³-hybridized carbons (Fsp3) is 0.618. The fourth-order valence-corrected chi connectivity index (χ4v) is 4.93. The maximum atomic E-state index is 12.3. The molecule has 0 heterocycles. The first-order valence-electron chi connectivity index (χ1n) is 15.2. The lowest BCUT2D eigenvalue weighted by atomic mass is 10.0. The van der Waals surface area contributed by atoms with Gasteiger partial charge in [-0.15, -0.1) is 0 Å². The highest BCUT2D eigenvalue weighted by Crippen LogP contribution is 2.21. The average Bonchev–Trinajstić information content (AvgIpc) is 2.90. The number of para-hydroxylation sites is 1. The summed E-state index contributed by atoms with van der Waals surface area (Å²) in [4.78, 5) is 12.3. The van der Waals surface area contributed by atoms with E-state index in [4.69, 9.17) is 9.47 Å². The lowest BCUT2D eigenvalue weighted by molar-refractivity contribution is -0.896. The zero-order chi connectivity index (χ0) is 27.3. The maximum Gasteiger partial charge on any atom is 0.361 e. The summed E-state index contributed by atoms with van der Waals surface area (Å²) in [5.74, 6) is 0.876. The molecule has 212 valence electrons. The molecule has 0 saturated heterocycles. The predicted octanol–water partition coefficient (Wildman–Crippen LogP) is 8.52. The largest absolute Gasteiger partial charge is 0.493 e. The van der Waals surface area contributed by atoms with Crippen molar-refractivity contribution in [1.29, 1.82) is 0 Å². The van der Waals surface area contributed by atoms with E-state index in [-0.39, 0.29) is 5.97 Å². The number of aryl methyl sites for hydroxylation is 1. The Bertz CT molecular complexity index is 865. The zero-order valence-corrected chi connectivity index (χ0v) is 24.6. The second-order valence-electron chi connectivity index (χ2n) is 11.4. The lowest BCUT2D eigenvalue weighted by Gasteiger charge is -2.28. The molecule has 4 heteroatoms. The summed E-state index contributed by atoms with van der Waals surface area (Å²) in [5.41, 5.74) is 2.54. The number of benzene rings is 2. The van der Waals surface area contributed by atoms with Crippen LogP contribution in [-0.4, -0.2) is 44.3 Å². The molecule has 38 heavy (non-hydrogen) atoms. The van der Waals surface area contributed by atoms with Crippen LogP contribution in [0.3, 0.4) is 0 Å². The van der Waals surface area contributed by atoms with Gasteiger partial charge in [0.1, 0.15) is 12.3 Å². The van der Waals surface area contributed by atoms with Crippen LogP contribution in [0.15, 0.2) is 54.6 Å².